The van der Waals surface area contributed by atoms with Gasteiger partial charge in [-0.05, 0) is 62.5 Å². The fourth-order valence-corrected chi connectivity index (χ4v) is 4.32. The molecule has 1 aromatic rings. The van der Waals surface area contributed by atoms with Crippen LogP contribution in [0, 0.1) is 5.92 Å². The summed E-state index contributed by atoms with van der Waals surface area (Å²) in [4.78, 5) is 25.6. The van der Waals surface area contributed by atoms with Gasteiger partial charge in [-0.3, -0.25) is 9.59 Å². The molecule has 4 heteroatoms. The molecule has 1 amide bonds. The molecule has 138 valence electrons. The highest BCUT2D eigenvalue weighted by atomic mass is 16.2. The number of pyridine rings is 1. The van der Waals surface area contributed by atoms with E-state index < -0.39 is 0 Å². The molecule has 1 aromatic heterocycles. The fourth-order valence-electron chi connectivity index (χ4n) is 4.32. The Morgan fingerprint density at radius 3 is 2.68 bits per heavy atom. The number of rotatable bonds is 6. The lowest BCUT2D eigenvalue weighted by Gasteiger charge is -2.23. The highest BCUT2D eigenvalue weighted by Crippen LogP contribution is 2.23. The monoisotopic (exact) mass is 344 g/mol. The van der Waals surface area contributed by atoms with Crippen LogP contribution in [0.15, 0.2) is 10.9 Å². The first-order valence-corrected chi connectivity index (χ1v) is 10.2. The van der Waals surface area contributed by atoms with Gasteiger partial charge in [0.2, 0.25) is 0 Å². The summed E-state index contributed by atoms with van der Waals surface area (Å²) in [5, 5.41) is 3.05. The van der Waals surface area contributed by atoms with Crippen molar-refractivity contribution in [3.05, 3.63) is 33.2 Å². The Morgan fingerprint density at radius 2 is 1.92 bits per heavy atom. The zero-order valence-corrected chi connectivity index (χ0v) is 15.6. The molecule has 0 radical (unpaired) electrons. The summed E-state index contributed by atoms with van der Waals surface area (Å²) in [5.41, 5.74) is 2.65. The van der Waals surface area contributed by atoms with Crippen molar-refractivity contribution in [3.8, 4) is 0 Å². The number of carbonyl (C=O) groups is 1. The summed E-state index contributed by atoms with van der Waals surface area (Å²) in [5.74, 6) is 0.409. The van der Waals surface area contributed by atoms with Gasteiger partial charge < -0.3 is 9.88 Å². The number of carbonyl (C=O) groups excluding carboxylic acids is 1. The molecule has 1 saturated carbocycles. The van der Waals surface area contributed by atoms with E-state index in [1.165, 1.54) is 43.4 Å². The molecule has 1 heterocycles. The molecule has 0 bridgehead atoms. The van der Waals surface area contributed by atoms with E-state index in [0.29, 0.717) is 18.0 Å². The van der Waals surface area contributed by atoms with Crippen LogP contribution >= 0.6 is 0 Å². The van der Waals surface area contributed by atoms with Gasteiger partial charge in [0, 0.05) is 18.8 Å². The fraction of sp³-hybridized carbons (Fsp3) is 0.714. The van der Waals surface area contributed by atoms with Gasteiger partial charge in [0.15, 0.2) is 0 Å². The Morgan fingerprint density at radius 1 is 1.16 bits per heavy atom. The molecule has 0 aromatic carbocycles. The maximum absolute atomic E-state index is 12.9. The van der Waals surface area contributed by atoms with Gasteiger partial charge in [-0.1, -0.05) is 32.6 Å². The minimum absolute atomic E-state index is 0.0877. The number of hydrogen-bond donors (Lipinski definition) is 1. The van der Waals surface area contributed by atoms with E-state index in [4.69, 9.17) is 0 Å². The Balaban J connectivity index is 1.79. The van der Waals surface area contributed by atoms with Crippen LogP contribution in [0.25, 0.3) is 0 Å². The molecule has 0 atom stereocenters. The van der Waals surface area contributed by atoms with E-state index >= 15 is 0 Å². The van der Waals surface area contributed by atoms with Gasteiger partial charge in [-0.25, -0.2) is 0 Å². The van der Waals surface area contributed by atoms with Crippen molar-refractivity contribution >= 4 is 5.91 Å². The highest BCUT2D eigenvalue weighted by Gasteiger charge is 2.22. The van der Waals surface area contributed by atoms with Gasteiger partial charge in [0.1, 0.15) is 5.56 Å². The van der Waals surface area contributed by atoms with Crippen molar-refractivity contribution < 1.29 is 4.79 Å². The molecule has 4 nitrogen and oxygen atoms in total. The smallest absolute Gasteiger partial charge is 0.263 e. The normalized spacial score (nSPS) is 18.0. The predicted molar refractivity (Wildman–Crippen MR) is 101 cm³/mol. The molecule has 0 unspecified atom stereocenters. The van der Waals surface area contributed by atoms with Gasteiger partial charge >= 0.3 is 0 Å². The van der Waals surface area contributed by atoms with Crippen LogP contribution in [0.5, 0.6) is 0 Å². The number of nitrogens with one attached hydrogen (secondary N) is 1. The topological polar surface area (TPSA) is 51.1 Å². The Labute approximate surface area is 151 Å². The second-order valence-electron chi connectivity index (χ2n) is 7.76. The second kappa shape index (κ2) is 8.68. The molecule has 1 fully saturated rings. The van der Waals surface area contributed by atoms with Crippen LogP contribution in [-0.2, 0) is 19.4 Å². The van der Waals surface area contributed by atoms with Gasteiger partial charge in [-0.2, -0.15) is 0 Å². The molecule has 1 N–H and O–H groups in total. The lowest BCUT2D eigenvalue weighted by molar-refractivity contribution is 0.0941. The van der Waals surface area contributed by atoms with Crippen molar-refractivity contribution in [1.29, 1.82) is 0 Å². The van der Waals surface area contributed by atoms with E-state index in [1.54, 1.807) is 0 Å². The molecule has 2 aliphatic rings. The Kier molecular flexibility index (Phi) is 6.33. The van der Waals surface area contributed by atoms with Crippen molar-refractivity contribution in [2.45, 2.75) is 84.1 Å². The van der Waals surface area contributed by atoms with Crippen molar-refractivity contribution in [1.82, 2.24) is 9.88 Å². The van der Waals surface area contributed by atoms with Crippen LogP contribution in [0.1, 0.15) is 86.3 Å². The first kappa shape index (κ1) is 18.2. The zero-order chi connectivity index (χ0) is 17.6. The van der Waals surface area contributed by atoms with Crippen LogP contribution in [-0.4, -0.2) is 17.0 Å². The van der Waals surface area contributed by atoms with E-state index in [-0.39, 0.29) is 11.5 Å². The average molecular weight is 344 g/mol. The molecule has 0 spiro atoms. The molecular formula is C21H32N2O2. The number of fused-ring (bicyclic) bond motifs is 1. The van der Waals surface area contributed by atoms with E-state index in [0.717, 1.165) is 45.1 Å². The minimum Gasteiger partial charge on any atom is -0.352 e. The lowest BCUT2D eigenvalue weighted by atomic mass is 9.89. The number of unbranched alkanes of at least 4 members (excludes halogenated alkanes) is 1. The first-order chi connectivity index (χ1) is 12.2. The van der Waals surface area contributed by atoms with E-state index in [2.05, 4.69) is 12.2 Å². The van der Waals surface area contributed by atoms with Gasteiger partial charge in [-0.15, -0.1) is 0 Å². The highest BCUT2D eigenvalue weighted by molar-refractivity contribution is 5.94. The second-order valence-corrected chi connectivity index (χ2v) is 7.76. The molecule has 2 aliphatic carbocycles. The average Bonchev–Trinajstić information content (AvgIpc) is 2.66. The van der Waals surface area contributed by atoms with Crippen molar-refractivity contribution in [2.24, 2.45) is 5.92 Å². The summed E-state index contributed by atoms with van der Waals surface area (Å²) in [7, 11) is 0. The Bertz CT molecular complexity index is 657. The quantitative estimate of drug-likeness (QED) is 0.852. The third-order valence-corrected chi connectivity index (χ3v) is 5.86. The third-order valence-electron chi connectivity index (χ3n) is 5.86. The van der Waals surface area contributed by atoms with Crippen LogP contribution in [0.4, 0.5) is 0 Å². The summed E-state index contributed by atoms with van der Waals surface area (Å²) < 4.78 is 1.90. The van der Waals surface area contributed by atoms with Gasteiger partial charge in [0.25, 0.3) is 11.5 Å². The standard InChI is InChI=1S/C21H32N2O2/c1-2-3-13-23-19-12-8-7-11-17(19)14-18(21(23)25)20(24)22-15-16-9-5-4-6-10-16/h14,16H,2-13,15H2,1H3,(H,22,24). The van der Waals surface area contributed by atoms with Crippen molar-refractivity contribution in [2.75, 3.05) is 6.54 Å². The molecule has 3 rings (SSSR count). The largest absolute Gasteiger partial charge is 0.352 e. The van der Waals surface area contributed by atoms with Gasteiger partial charge in [0.05, 0.1) is 0 Å². The molecule has 25 heavy (non-hydrogen) atoms. The minimum atomic E-state index is -0.172. The van der Waals surface area contributed by atoms with E-state index in [9.17, 15) is 9.59 Å². The summed E-state index contributed by atoms with van der Waals surface area (Å²) >= 11 is 0. The molecule has 0 saturated heterocycles. The zero-order valence-electron chi connectivity index (χ0n) is 15.6. The lowest BCUT2D eigenvalue weighted by Crippen LogP contribution is -2.37. The summed E-state index contributed by atoms with van der Waals surface area (Å²) in [6, 6.07) is 1.88. The molecular weight excluding hydrogens is 312 g/mol. The number of amides is 1. The SMILES string of the molecule is CCCCn1c2c(cc(C(=O)NCC3CCCCC3)c1=O)CCCC2. The summed E-state index contributed by atoms with van der Waals surface area (Å²) in [6.07, 6.45) is 12.6. The van der Waals surface area contributed by atoms with Crippen LogP contribution in [0.2, 0.25) is 0 Å². The summed E-state index contributed by atoms with van der Waals surface area (Å²) in [6.45, 7) is 3.59. The predicted octanol–water partition coefficient (Wildman–Crippen LogP) is 3.84. The number of nitrogens with zero attached hydrogens (tertiary/aromatic N) is 1. The third kappa shape index (κ3) is 4.34. The van der Waals surface area contributed by atoms with Crippen LogP contribution < -0.4 is 10.9 Å². The number of aryl methyl sites for hydroxylation is 1. The maximum atomic E-state index is 12.9. The maximum Gasteiger partial charge on any atom is 0.263 e. The molecule has 0 aliphatic heterocycles. The number of aromatic nitrogens is 1. The first-order valence-electron chi connectivity index (χ1n) is 10.2. The number of hydrogen-bond acceptors (Lipinski definition) is 2. The van der Waals surface area contributed by atoms with Crippen LogP contribution in [0.3, 0.4) is 0 Å². The Hall–Kier alpha value is -1.58. The van der Waals surface area contributed by atoms with E-state index in [1.807, 2.05) is 10.6 Å². The van der Waals surface area contributed by atoms with Crippen molar-refractivity contribution in [3.63, 3.8) is 0 Å².